The summed E-state index contributed by atoms with van der Waals surface area (Å²) in [6.45, 7) is 4.80. The fourth-order valence-electron chi connectivity index (χ4n) is 2.68. The summed E-state index contributed by atoms with van der Waals surface area (Å²) in [7, 11) is 0. The molecule has 1 amide bonds. The minimum absolute atomic E-state index is 0.0408. The quantitative estimate of drug-likeness (QED) is 0.837. The Morgan fingerprint density at radius 1 is 1.39 bits per heavy atom. The summed E-state index contributed by atoms with van der Waals surface area (Å²) < 4.78 is 1.86. The molecule has 18 heavy (non-hydrogen) atoms. The first kappa shape index (κ1) is 13.1. The van der Waals surface area contributed by atoms with Crippen LogP contribution in [0, 0.1) is 6.92 Å². The van der Waals surface area contributed by atoms with Gasteiger partial charge < -0.3 is 5.32 Å². The van der Waals surface area contributed by atoms with E-state index in [1.807, 2.05) is 18.5 Å². The summed E-state index contributed by atoms with van der Waals surface area (Å²) in [5.74, 6) is 0.0408. The predicted octanol–water partition coefficient (Wildman–Crippen LogP) is 2.66. The van der Waals surface area contributed by atoms with Crippen molar-refractivity contribution in [1.82, 2.24) is 15.1 Å². The van der Waals surface area contributed by atoms with E-state index in [0.717, 1.165) is 30.6 Å². The van der Waals surface area contributed by atoms with Crippen LogP contribution in [0.4, 0.5) is 0 Å². The number of carbonyl (C=O) groups excluding carboxylic acids is 1. The lowest BCUT2D eigenvalue weighted by molar-refractivity contribution is 0.0932. The second-order valence-electron chi connectivity index (χ2n) is 5.12. The van der Waals surface area contributed by atoms with Crippen LogP contribution in [0.25, 0.3) is 0 Å². The van der Waals surface area contributed by atoms with E-state index in [9.17, 15) is 4.79 Å². The molecule has 100 valence electrons. The minimum atomic E-state index is 0.0408. The predicted molar refractivity (Wildman–Crippen MR) is 71.6 cm³/mol. The van der Waals surface area contributed by atoms with Gasteiger partial charge in [-0.25, -0.2) is 0 Å². The van der Waals surface area contributed by atoms with Crippen molar-refractivity contribution in [3.8, 4) is 0 Å². The number of amides is 1. The van der Waals surface area contributed by atoms with Gasteiger partial charge in [-0.05, 0) is 26.7 Å². The highest BCUT2D eigenvalue weighted by Crippen LogP contribution is 2.18. The van der Waals surface area contributed by atoms with Gasteiger partial charge >= 0.3 is 0 Å². The van der Waals surface area contributed by atoms with Gasteiger partial charge in [0.05, 0.1) is 11.8 Å². The number of rotatable bonds is 3. The zero-order valence-corrected chi connectivity index (χ0v) is 11.4. The van der Waals surface area contributed by atoms with Crippen LogP contribution >= 0.6 is 0 Å². The van der Waals surface area contributed by atoms with Crippen LogP contribution in [0.15, 0.2) is 6.20 Å². The first-order chi connectivity index (χ1) is 8.72. The van der Waals surface area contributed by atoms with Crippen LogP contribution in [-0.2, 0) is 6.54 Å². The fourth-order valence-corrected chi connectivity index (χ4v) is 2.68. The van der Waals surface area contributed by atoms with Gasteiger partial charge in [-0.2, -0.15) is 5.10 Å². The van der Waals surface area contributed by atoms with E-state index in [0.29, 0.717) is 6.04 Å². The van der Waals surface area contributed by atoms with Gasteiger partial charge in [0.25, 0.3) is 5.91 Å². The lowest BCUT2D eigenvalue weighted by Gasteiger charge is -2.15. The smallest absolute Gasteiger partial charge is 0.254 e. The number of hydrogen-bond acceptors (Lipinski definition) is 2. The van der Waals surface area contributed by atoms with Crippen molar-refractivity contribution in [2.45, 2.75) is 65.0 Å². The maximum atomic E-state index is 12.2. The van der Waals surface area contributed by atoms with Crippen LogP contribution < -0.4 is 5.32 Å². The van der Waals surface area contributed by atoms with Crippen LogP contribution in [0.5, 0.6) is 0 Å². The highest BCUT2D eigenvalue weighted by atomic mass is 16.1. The van der Waals surface area contributed by atoms with Gasteiger partial charge in [0, 0.05) is 18.3 Å². The maximum Gasteiger partial charge on any atom is 0.254 e. The Labute approximate surface area is 109 Å². The Balaban J connectivity index is 2.00. The average Bonchev–Trinajstić information content (AvgIpc) is 2.57. The third-order valence-electron chi connectivity index (χ3n) is 3.84. The third kappa shape index (κ3) is 2.92. The Bertz CT molecular complexity index is 403. The van der Waals surface area contributed by atoms with E-state index in [-0.39, 0.29) is 5.91 Å². The number of hydrogen-bond donors (Lipinski definition) is 1. The molecule has 1 N–H and O–H groups in total. The van der Waals surface area contributed by atoms with Crippen molar-refractivity contribution in [2.24, 2.45) is 0 Å². The molecule has 0 saturated heterocycles. The largest absolute Gasteiger partial charge is 0.349 e. The molecule has 1 heterocycles. The Kier molecular flexibility index (Phi) is 4.39. The lowest BCUT2D eigenvalue weighted by Crippen LogP contribution is -2.34. The SMILES string of the molecule is CCn1ncc(C(=O)NC2CCCCCC2)c1C. The van der Waals surface area contributed by atoms with Gasteiger partial charge in [0.2, 0.25) is 0 Å². The Hall–Kier alpha value is -1.32. The number of nitrogens with one attached hydrogen (secondary N) is 1. The summed E-state index contributed by atoms with van der Waals surface area (Å²) in [5, 5.41) is 7.38. The van der Waals surface area contributed by atoms with Crippen LogP contribution in [0.2, 0.25) is 0 Å². The second kappa shape index (κ2) is 6.03. The van der Waals surface area contributed by atoms with Crippen LogP contribution in [0.3, 0.4) is 0 Å². The number of carbonyl (C=O) groups is 1. The molecule has 0 radical (unpaired) electrons. The summed E-state index contributed by atoms with van der Waals surface area (Å²) >= 11 is 0. The minimum Gasteiger partial charge on any atom is -0.349 e. The van der Waals surface area contributed by atoms with Gasteiger partial charge in [-0.3, -0.25) is 9.48 Å². The molecule has 0 bridgehead atoms. The van der Waals surface area contributed by atoms with Crippen molar-refractivity contribution in [2.75, 3.05) is 0 Å². The van der Waals surface area contributed by atoms with Crippen molar-refractivity contribution in [1.29, 1.82) is 0 Å². The normalized spacial score (nSPS) is 17.4. The first-order valence-corrected chi connectivity index (χ1v) is 7.05. The molecule has 0 aromatic carbocycles. The van der Waals surface area contributed by atoms with E-state index in [1.54, 1.807) is 6.20 Å². The highest BCUT2D eigenvalue weighted by molar-refractivity contribution is 5.95. The zero-order chi connectivity index (χ0) is 13.0. The zero-order valence-electron chi connectivity index (χ0n) is 11.4. The molecule has 0 atom stereocenters. The lowest BCUT2D eigenvalue weighted by atomic mass is 10.1. The molecule has 1 aromatic heterocycles. The molecule has 0 aliphatic heterocycles. The van der Waals surface area contributed by atoms with Crippen molar-refractivity contribution < 1.29 is 4.79 Å². The molecule has 1 saturated carbocycles. The molecule has 1 aliphatic rings. The van der Waals surface area contributed by atoms with Crippen molar-refractivity contribution in [3.05, 3.63) is 17.5 Å². The van der Waals surface area contributed by atoms with Crippen LogP contribution in [0.1, 0.15) is 61.5 Å². The topological polar surface area (TPSA) is 46.9 Å². The molecule has 0 spiro atoms. The molecule has 1 aliphatic carbocycles. The van der Waals surface area contributed by atoms with E-state index >= 15 is 0 Å². The summed E-state index contributed by atoms with van der Waals surface area (Å²) in [5.41, 5.74) is 1.68. The van der Waals surface area contributed by atoms with Gasteiger partial charge in [-0.1, -0.05) is 25.7 Å². The molecular formula is C14H23N3O. The van der Waals surface area contributed by atoms with Crippen molar-refractivity contribution in [3.63, 3.8) is 0 Å². The van der Waals surface area contributed by atoms with Crippen LogP contribution in [-0.4, -0.2) is 21.7 Å². The van der Waals surface area contributed by atoms with Gasteiger partial charge in [0.15, 0.2) is 0 Å². The summed E-state index contributed by atoms with van der Waals surface area (Å²) in [6, 6.07) is 0.351. The van der Waals surface area contributed by atoms with Crippen molar-refractivity contribution >= 4 is 5.91 Å². The number of aryl methyl sites for hydroxylation is 1. The first-order valence-electron chi connectivity index (χ1n) is 7.05. The third-order valence-corrected chi connectivity index (χ3v) is 3.84. The Morgan fingerprint density at radius 2 is 2.06 bits per heavy atom. The van der Waals surface area contributed by atoms with E-state index in [1.165, 1.54) is 25.7 Å². The molecular weight excluding hydrogens is 226 g/mol. The molecule has 1 fully saturated rings. The average molecular weight is 249 g/mol. The fraction of sp³-hybridized carbons (Fsp3) is 0.714. The maximum absolute atomic E-state index is 12.2. The van der Waals surface area contributed by atoms with E-state index in [4.69, 9.17) is 0 Å². The molecule has 4 nitrogen and oxygen atoms in total. The monoisotopic (exact) mass is 249 g/mol. The number of aromatic nitrogens is 2. The molecule has 4 heteroatoms. The van der Waals surface area contributed by atoms with Gasteiger partial charge in [-0.15, -0.1) is 0 Å². The molecule has 1 aromatic rings. The molecule has 2 rings (SSSR count). The summed E-state index contributed by atoms with van der Waals surface area (Å²) in [6.07, 6.45) is 9.00. The molecule has 0 unspecified atom stereocenters. The second-order valence-corrected chi connectivity index (χ2v) is 5.12. The number of nitrogens with zero attached hydrogens (tertiary/aromatic N) is 2. The Morgan fingerprint density at radius 3 is 2.61 bits per heavy atom. The summed E-state index contributed by atoms with van der Waals surface area (Å²) in [4.78, 5) is 12.2. The highest BCUT2D eigenvalue weighted by Gasteiger charge is 2.18. The van der Waals surface area contributed by atoms with Gasteiger partial charge in [0.1, 0.15) is 0 Å². The van der Waals surface area contributed by atoms with E-state index in [2.05, 4.69) is 10.4 Å². The standard InChI is InChI=1S/C14H23N3O/c1-3-17-11(2)13(10-15-17)14(18)16-12-8-6-4-5-7-9-12/h10,12H,3-9H2,1-2H3,(H,16,18). The van der Waals surface area contributed by atoms with E-state index < -0.39 is 0 Å².